The average molecular weight is 482 g/mol. The van der Waals surface area contributed by atoms with Crippen LogP contribution in [0.5, 0.6) is 0 Å². The van der Waals surface area contributed by atoms with E-state index >= 15 is 0 Å². The maximum atomic E-state index is 13.2. The molecular formula is C19H24FIN6. The van der Waals surface area contributed by atoms with E-state index in [0.717, 1.165) is 48.9 Å². The number of guanidine groups is 1. The number of aliphatic imine (C=N–C) groups is 1. The summed E-state index contributed by atoms with van der Waals surface area (Å²) >= 11 is 0. The number of pyridine rings is 1. The first kappa shape index (κ1) is 21.1. The van der Waals surface area contributed by atoms with Gasteiger partial charge in [0.15, 0.2) is 17.4 Å². The third-order valence-corrected chi connectivity index (χ3v) is 3.93. The molecule has 144 valence electrons. The molecule has 0 saturated heterocycles. The van der Waals surface area contributed by atoms with E-state index in [1.54, 1.807) is 12.1 Å². The van der Waals surface area contributed by atoms with Crippen LogP contribution in [0, 0.1) is 5.82 Å². The van der Waals surface area contributed by atoms with Gasteiger partial charge in [0, 0.05) is 19.3 Å². The van der Waals surface area contributed by atoms with Crippen LogP contribution in [0.25, 0.3) is 5.65 Å². The largest absolute Gasteiger partial charge is 0.357 e. The fourth-order valence-electron chi connectivity index (χ4n) is 2.68. The van der Waals surface area contributed by atoms with Crippen LogP contribution in [0.1, 0.15) is 24.7 Å². The number of aryl methyl sites for hydroxylation is 1. The van der Waals surface area contributed by atoms with E-state index in [2.05, 4.69) is 25.8 Å². The number of hydrogen-bond donors (Lipinski definition) is 2. The first-order valence-corrected chi connectivity index (χ1v) is 8.81. The zero-order valence-electron chi connectivity index (χ0n) is 15.2. The van der Waals surface area contributed by atoms with E-state index in [4.69, 9.17) is 0 Å². The van der Waals surface area contributed by atoms with Gasteiger partial charge in [-0.1, -0.05) is 18.2 Å². The minimum absolute atomic E-state index is 0. The summed E-state index contributed by atoms with van der Waals surface area (Å²) in [5, 5.41) is 14.8. The number of hydrogen-bond acceptors (Lipinski definition) is 3. The molecule has 27 heavy (non-hydrogen) atoms. The van der Waals surface area contributed by atoms with E-state index < -0.39 is 0 Å². The van der Waals surface area contributed by atoms with Crippen LogP contribution in [-0.4, -0.2) is 33.6 Å². The molecule has 0 bridgehead atoms. The summed E-state index contributed by atoms with van der Waals surface area (Å²) in [5.41, 5.74) is 1.81. The second-order valence-electron chi connectivity index (χ2n) is 5.90. The molecule has 0 amide bonds. The van der Waals surface area contributed by atoms with Crippen molar-refractivity contribution in [2.75, 3.05) is 13.1 Å². The molecule has 0 unspecified atom stereocenters. The molecule has 0 radical (unpaired) electrons. The fourth-order valence-corrected chi connectivity index (χ4v) is 2.68. The number of aromatic nitrogens is 3. The highest BCUT2D eigenvalue weighted by molar-refractivity contribution is 14.0. The summed E-state index contributed by atoms with van der Waals surface area (Å²) < 4.78 is 15.1. The second kappa shape index (κ2) is 10.8. The van der Waals surface area contributed by atoms with Gasteiger partial charge in [-0.2, -0.15) is 0 Å². The number of nitrogens with zero attached hydrogens (tertiary/aromatic N) is 4. The van der Waals surface area contributed by atoms with Gasteiger partial charge in [-0.15, -0.1) is 34.2 Å². The van der Waals surface area contributed by atoms with Crippen molar-refractivity contribution in [1.29, 1.82) is 0 Å². The van der Waals surface area contributed by atoms with E-state index in [-0.39, 0.29) is 29.8 Å². The maximum absolute atomic E-state index is 13.2. The smallest absolute Gasteiger partial charge is 0.191 e. The van der Waals surface area contributed by atoms with Crippen molar-refractivity contribution in [2.45, 2.75) is 26.3 Å². The van der Waals surface area contributed by atoms with Crippen molar-refractivity contribution >= 4 is 35.6 Å². The number of benzene rings is 1. The highest BCUT2D eigenvalue weighted by Crippen LogP contribution is 2.06. The molecule has 0 aliphatic rings. The SMILES string of the molecule is CCNC(=NCc1nnc2ccccn12)NCCCc1cccc(F)c1.I. The predicted octanol–water partition coefficient (Wildman–Crippen LogP) is 3.17. The minimum Gasteiger partial charge on any atom is -0.357 e. The number of rotatable bonds is 7. The summed E-state index contributed by atoms with van der Waals surface area (Å²) in [6.45, 7) is 3.99. The lowest BCUT2D eigenvalue weighted by Gasteiger charge is -2.11. The number of nitrogens with one attached hydrogen (secondary N) is 2. The van der Waals surface area contributed by atoms with Crippen molar-refractivity contribution in [2.24, 2.45) is 4.99 Å². The van der Waals surface area contributed by atoms with Crippen LogP contribution >= 0.6 is 24.0 Å². The van der Waals surface area contributed by atoms with Crippen molar-refractivity contribution in [1.82, 2.24) is 25.2 Å². The molecule has 8 heteroatoms. The van der Waals surface area contributed by atoms with E-state index in [1.807, 2.05) is 41.8 Å². The Morgan fingerprint density at radius 3 is 2.85 bits per heavy atom. The van der Waals surface area contributed by atoms with Gasteiger partial charge in [0.05, 0.1) is 0 Å². The van der Waals surface area contributed by atoms with E-state index in [9.17, 15) is 4.39 Å². The standard InChI is InChI=1S/C19H23FN6.HI/c1-2-21-19(22-11-6-8-15-7-5-9-16(20)13-15)23-14-18-25-24-17-10-3-4-12-26(17)18;/h3-5,7,9-10,12-13H,2,6,8,11,14H2,1H3,(H2,21,22,23);1H. The van der Waals surface area contributed by atoms with Gasteiger partial charge >= 0.3 is 0 Å². The van der Waals surface area contributed by atoms with Gasteiger partial charge in [0.25, 0.3) is 0 Å². The molecular weight excluding hydrogens is 458 g/mol. The number of halogens is 2. The Morgan fingerprint density at radius 1 is 1.15 bits per heavy atom. The van der Waals surface area contributed by atoms with Gasteiger partial charge in [0.1, 0.15) is 12.4 Å². The third kappa shape index (κ3) is 6.16. The summed E-state index contributed by atoms with van der Waals surface area (Å²) in [4.78, 5) is 4.58. The summed E-state index contributed by atoms with van der Waals surface area (Å²) in [6, 6.07) is 12.5. The lowest BCUT2D eigenvalue weighted by molar-refractivity contribution is 0.624. The van der Waals surface area contributed by atoms with Crippen LogP contribution in [0.4, 0.5) is 4.39 Å². The van der Waals surface area contributed by atoms with Gasteiger partial charge < -0.3 is 10.6 Å². The highest BCUT2D eigenvalue weighted by atomic mass is 127. The molecule has 0 aliphatic carbocycles. The molecule has 2 heterocycles. The molecule has 0 aliphatic heterocycles. The van der Waals surface area contributed by atoms with Crippen LogP contribution in [0.15, 0.2) is 53.7 Å². The Morgan fingerprint density at radius 2 is 2.04 bits per heavy atom. The van der Waals surface area contributed by atoms with Crippen molar-refractivity contribution in [3.8, 4) is 0 Å². The minimum atomic E-state index is -0.189. The fraction of sp³-hybridized carbons (Fsp3) is 0.316. The first-order chi connectivity index (χ1) is 12.8. The molecule has 1 aromatic carbocycles. The Balaban J connectivity index is 0.00000261. The van der Waals surface area contributed by atoms with Crippen molar-refractivity contribution in [3.05, 3.63) is 65.9 Å². The average Bonchev–Trinajstić information content (AvgIpc) is 3.06. The third-order valence-electron chi connectivity index (χ3n) is 3.93. The molecule has 6 nitrogen and oxygen atoms in total. The van der Waals surface area contributed by atoms with Crippen molar-refractivity contribution in [3.63, 3.8) is 0 Å². The Kier molecular flexibility index (Phi) is 8.43. The number of fused-ring (bicyclic) bond motifs is 1. The van der Waals surface area contributed by atoms with E-state index in [0.29, 0.717) is 6.54 Å². The summed E-state index contributed by atoms with van der Waals surface area (Å²) in [5.74, 6) is 1.34. The van der Waals surface area contributed by atoms with Crippen LogP contribution < -0.4 is 10.6 Å². The molecule has 0 spiro atoms. The Labute approximate surface area is 175 Å². The Bertz CT molecular complexity index is 879. The Hall–Kier alpha value is -2.23. The maximum Gasteiger partial charge on any atom is 0.191 e. The van der Waals surface area contributed by atoms with Crippen LogP contribution in [0.3, 0.4) is 0 Å². The van der Waals surface area contributed by atoms with Gasteiger partial charge in [0.2, 0.25) is 0 Å². The quantitative estimate of drug-likeness (QED) is 0.235. The van der Waals surface area contributed by atoms with E-state index in [1.165, 1.54) is 6.07 Å². The topological polar surface area (TPSA) is 66.6 Å². The van der Waals surface area contributed by atoms with Gasteiger partial charge in [-0.05, 0) is 49.6 Å². The second-order valence-corrected chi connectivity index (χ2v) is 5.90. The van der Waals surface area contributed by atoms with Gasteiger partial charge in [-0.3, -0.25) is 4.40 Å². The monoisotopic (exact) mass is 482 g/mol. The lowest BCUT2D eigenvalue weighted by atomic mass is 10.1. The molecule has 0 saturated carbocycles. The zero-order chi connectivity index (χ0) is 18.2. The predicted molar refractivity (Wildman–Crippen MR) is 116 cm³/mol. The molecule has 0 atom stereocenters. The molecule has 0 fully saturated rings. The normalized spacial score (nSPS) is 11.3. The van der Waals surface area contributed by atoms with Gasteiger partial charge in [-0.25, -0.2) is 9.38 Å². The molecule has 3 rings (SSSR count). The summed E-state index contributed by atoms with van der Waals surface area (Å²) in [6.07, 6.45) is 3.64. The lowest BCUT2D eigenvalue weighted by Crippen LogP contribution is -2.37. The highest BCUT2D eigenvalue weighted by Gasteiger charge is 2.04. The zero-order valence-corrected chi connectivity index (χ0v) is 17.6. The van der Waals surface area contributed by atoms with Crippen molar-refractivity contribution < 1.29 is 4.39 Å². The molecule has 3 aromatic rings. The first-order valence-electron chi connectivity index (χ1n) is 8.81. The molecule has 2 N–H and O–H groups in total. The molecule has 2 aromatic heterocycles. The van der Waals surface area contributed by atoms with Crippen LogP contribution in [0.2, 0.25) is 0 Å². The van der Waals surface area contributed by atoms with Crippen LogP contribution in [-0.2, 0) is 13.0 Å². The summed E-state index contributed by atoms with van der Waals surface area (Å²) in [7, 11) is 0.